The van der Waals surface area contributed by atoms with Crippen LogP contribution in [0, 0.1) is 17.0 Å². The number of nitrogens with two attached hydrogens (primary N) is 1. The first kappa shape index (κ1) is 20.1. The molecule has 0 saturated carbocycles. The quantitative estimate of drug-likeness (QED) is 0.394. The predicted octanol–water partition coefficient (Wildman–Crippen LogP) is 4.32. The van der Waals surface area contributed by atoms with Gasteiger partial charge < -0.3 is 15.7 Å². The van der Waals surface area contributed by atoms with Crippen molar-refractivity contribution in [1.82, 2.24) is 5.32 Å². The average molecular weight is 467 g/mol. The Labute approximate surface area is 182 Å². The van der Waals surface area contributed by atoms with E-state index in [1.165, 1.54) is 6.07 Å². The largest absolute Gasteiger partial charge is 0.507 e. The number of hydrogen-bond donors (Lipinski definition) is 3. The molecule has 6 nitrogen and oxygen atoms in total. The first-order chi connectivity index (χ1) is 14.4. The summed E-state index contributed by atoms with van der Waals surface area (Å²) >= 11 is 3.47. The monoisotopic (exact) mass is 466 g/mol. The van der Waals surface area contributed by atoms with E-state index in [0.29, 0.717) is 5.56 Å². The summed E-state index contributed by atoms with van der Waals surface area (Å²) in [5, 5.41) is 27.5. The molecule has 0 amide bonds. The van der Waals surface area contributed by atoms with Gasteiger partial charge in [0.1, 0.15) is 17.4 Å². The zero-order chi connectivity index (χ0) is 21.3. The number of nitrogens with one attached hydrogen (secondary N) is 1. The van der Waals surface area contributed by atoms with Gasteiger partial charge in [-0.2, -0.15) is 0 Å². The fourth-order valence-corrected chi connectivity index (χ4v) is 4.08. The molecule has 0 saturated heterocycles. The van der Waals surface area contributed by atoms with Gasteiger partial charge in [-0.05, 0) is 36.8 Å². The topological polar surface area (TPSA) is 92.0 Å². The second kappa shape index (κ2) is 8.30. The molecule has 1 aliphatic rings. The summed E-state index contributed by atoms with van der Waals surface area (Å²) < 4.78 is 0.856. The number of quaternary nitrogens is 1. The minimum atomic E-state index is -0.392. The number of hydrogen-bond acceptors (Lipinski definition) is 4. The highest BCUT2D eigenvalue weighted by atomic mass is 79.9. The Hall–Kier alpha value is -3.16. The van der Waals surface area contributed by atoms with Crippen LogP contribution in [0.2, 0.25) is 0 Å². The molecule has 0 bridgehead atoms. The highest BCUT2D eigenvalue weighted by Crippen LogP contribution is 2.32. The SMILES string of the molecule is Cc1ccc(C2=CC(c3cc(Br)ccc3O)[NH2+]C(c3ccccc3[N+](=O)[O-])N2)cc1. The minimum Gasteiger partial charge on any atom is -0.507 e. The van der Waals surface area contributed by atoms with Crippen LogP contribution in [0.25, 0.3) is 5.70 Å². The van der Waals surface area contributed by atoms with Crippen LogP contribution >= 0.6 is 15.9 Å². The summed E-state index contributed by atoms with van der Waals surface area (Å²) in [7, 11) is 0. The molecule has 1 aliphatic heterocycles. The van der Waals surface area contributed by atoms with Crippen molar-refractivity contribution in [3.05, 3.63) is 110 Å². The van der Waals surface area contributed by atoms with E-state index in [0.717, 1.165) is 26.9 Å². The first-order valence-electron chi connectivity index (χ1n) is 9.54. The van der Waals surface area contributed by atoms with Gasteiger partial charge in [-0.3, -0.25) is 10.1 Å². The van der Waals surface area contributed by atoms with Gasteiger partial charge >= 0.3 is 0 Å². The van der Waals surface area contributed by atoms with E-state index in [-0.39, 0.29) is 22.4 Å². The Balaban J connectivity index is 1.81. The molecule has 0 radical (unpaired) electrons. The molecule has 1 heterocycles. The maximum Gasteiger partial charge on any atom is 0.280 e. The number of aryl methyl sites for hydroxylation is 1. The molecular weight excluding hydrogens is 446 g/mol. The summed E-state index contributed by atoms with van der Waals surface area (Å²) in [5.41, 5.74) is 4.38. The number of rotatable bonds is 4. The predicted molar refractivity (Wildman–Crippen MR) is 119 cm³/mol. The molecule has 4 rings (SSSR count). The number of benzene rings is 3. The fraction of sp³-hybridized carbons (Fsp3) is 0.130. The van der Waals surface area contributed by atoms with Crippen molar-refractivity contribution >= 4 is 27.3 Å². The van der Waals surface area contributed by atoms with Crippen LogP contribution in [0.15, 0.2) is 77.3 Å². The van der Waals surface area contributed by atoms with Crippen molar-refractivity contribution in [1.29, 1.82) is 0 Å². The Morgan fingerprint density at radius 2 is 1.80 bits per heavy atom. The number of nitro groups is 1. The highest BCUT2D eigenvalue weighted by molar-refractivity contribution is 9.10. The average Bonchev–Trinajstić information content (AvgIpc) is 2.75. The normalized spacial score (nSPS) is 18.4. The van der Waals surface area contributed by atoms with Gasteiger partial charge in [0.05, 0.1) is 10.5 Å². The zero-order valence-electron chi connectivity index (χ0n) is 16.2. The number of phenols is 1. The molecule has 2 atom stereocenters. The summed E-state index contributed by atoms with van der Waals surface area (Å²) in [5.74, 6) is 0.183. The minimum absolute atomic E-state index is 0.0635. The number of nitro benzene ring substituents is 1. The van der Waals surface area contributed by atoms with Crippen molar-refractivity contribution in [2.45, 2.75) is 19.1 Å². The van der Waals surface area contributed by atoms with Crippen LogP contribution in [0.4, 0.5) is 5.69 Å². The molecule has 3 aromatic rings. The highest BCUT2D eigenvalue weighted by Gasteiger charge is 2.33. The first-order valence-corrected chi connectivity index (χ1v) is 10.3. The van der Waals surface area contributed by atoms with Gasteiger partial charge in [-0.25, -0.2) is 0 Å². The number of nitrogens with zero attached hydrogens (tertiary/aromatic N) is 1. The molecular formula is C23H21BrN3O3+. The molecule has 0 aromatic heterocycles. The van der Waals surface area contributed by atoms with Crippen molar-refractivity contribution in [2.24, 2.45) is 0 Å². The smallest absolute Gasteiger partial charge is 0.280 e. The van der Waals surface area contributed by atoms with Crippen LogP contribution in [0.3, 0.4) is 0 Å². The van der Waals surface area contributed by atoms with E-state index in [4.69, 9.17) is 0 Å². The summed E-state index contributed by atoms with van der Waals surface area (Å²) in [4.78, 5) is 11.2. The van der Waals surface area contributed by atoms with E-state index < -0.39 is 6.17 Å². The van der Waals surface area contributed by atoms with E-state index in [1.807, 2.05) is 48.6 Å². The van der Waals surface area contributed by atoms with Crippen LogP contribution in [0.5, 0.6) is 5.75 Å². The molecule has 3 aromatic carbocycles. The molecule has 0 spiro atoms. The molecule has 2 unspecified atom stereocenters. The number of aromatic hydroxyl groups is 1. The Morgan fingerprint density at radius 3 is 2.53 bits per heavy atom. The van der Waals surface area contributed by atoms with Gasteiger partial charge in [0.2, 0.25) is 0 Å². The van der Waals surface area contributed by atoms with Crippen LogP contribution in [-0.4, -0.2) is 10.0 Å². The third-order valence-electron chi connectivity index (χ3n) is 5.24. The van der Waals surface area contributed by atoms with Crippen molar-refractivity contribution in [3.8, 4) is 5.75 Å². The maximum absolute atomic E-state index is 11.6. The standard InChI is InChI=1S/C23H20BrN3O3/c1-14-6-8-15(9-7-14)19-13-20(18-12-16(24)10-11-22(18)28)26-23(25-19)17-4-2-3-5-21(17)27(29)30/h2-13,20,23,25-26,28H,1H3/p+1. The molecule has 0 aliphatic carbocycles. The van der Waals surface area contributed by atoms with Crippen LogP contribution in [-0.2, 0) is 0 Å². The van der Waals surface area contributed by atoms with Gasteiger partial charge in [0, 0.05) is 22.3 Å². The second-order valence-corrected chi connectivity index (χ2v) is 8.22. The molecule has 30 heavy (non-hydrogen) atoms. The van der Waals surface area contributed by atoms with Gasteiger partial charge in [-0.15, -0.1) is 0 Å². The Morgan fingerprint density at radius 1 is 1.07 bits per heavy atom. The summed E-state index contributed by atoms with van der Waals surface area (Å²) in [6.45, 7) is 2.03. The zero-order valence-corrected chi connectivity index (χ0v) is 17.8. The summed E-state index contributed by atoms with van der Waals surface area (Å²) in [6.07, 6.45) is 1.65. The fourth-order valence-electron chi connectivity index (χ4n) is 3.70. The molecule has 0 fully saturated rings. The van der Waals surface area contributed by atoms with Gasteiger partial charge in [0.15, 0.2) is 6.17 Å². The number of phenolic OH excluding ortho intramolecular Hbond substituents is 1. The Bertz CT molecular complexity index is 1130. The van der Waals surface area contributed by atoms with E-state index in [9.17, 15) is 15.2 Å². The van der Waals surface area contributed by atoms with E-state index in [1.54, 1.807) is 30.3 Å². The molecule has 152 valence electrons. The lowest BCUT2D eigenvalue weighted by molar-refractivity contribution is -0.731. The van der Waals surface area contributed by atoms with Gasteiger partial charge in [-0.1, -0.05) is 57.9 Å². The van der Waals surface area contributed by atoms with Crippen molar-refractivity contribution < 1.29 is 15.3 Å². The third-order valence-corrected chi connectivity index (χ3v) is 5.73. The van der Waals surface area contributed by atoms with Crippen LogP contribution < -0.4 is 10.6 Å². The third kappa shape index (κ3) is 4.08. The Kier molecular flexibility index (Phi) is 5.57. The van der Waals surface area contributed by atoms with Crippen LogP contribution in [0.1, 0.15) is 34.5 Å². The summed E-state index contributed by atoms with van der Waals surface area (Å²) in [6, 6.07) is 19.9. The lowest BCUT2D eigenvalue weighted by Crippen LogP contribution is -2.89. The number of halogens is 1. The molecule has 7 heteroatoms. The lowest BCUT2D eigenvalue weighted by atomic mass is 9.97. The van der Waals surface area contributed by atoms with Crippen molar-refractivity contribution in [2.75, 3.05) is 0 Å². The second-order valence-electron chi connectivity index (χ2n) is 7.31. The van der Waals surface area contributed by atoms with E-state index in [2.05, 4.69) is 21.2 Å². The van der Waals surface area contributed by atoms with Gasteiger partial charge in [0.25, 0.3) is 5.69 Å². The maximum atomic E-state index is 11.6. The molecule has 4 N–H and O–H groups in total. The van der Waals surface area contributed by atoms with E-state index >= 15 is 0 Å². The lowest BCUT2D eigenvalue weighted by Gasteiger charge is -2.30. The number of para-hydroxylation sites is 1. The van der Waals surface area contributed by atoms with Crippen molar-refractivity contribution in [3.63, 3.8) is 0 Å².